The van der Waals surface area contributed by atoms with Gasteiger partial charge in [-0.2, -0.15) is 0 Å². The molecule has 0 unspecified atom stereocenters. The Balaban J connectivity index is 1.57. The Morgan fingerprint density at radius 1 is 1.17 bits per heavy atom. The van der Waals surface area contributed by atoms with E-state index in [1.165, 1.54) is 41.9 Å². The smallest absolute Gasteiger partial charge is 0.119 e. The molecule has 0 radical (unpaired) electrons. The number of rotatable bonds is 3. The molecule has 128 valence electrons. The van der Waals surface area contributed by atoms with Crippen molar-refractivity contribution < 1.29 is 4.74 Å². The van der Waals surface area contributed by atoms with Gasteiger partial charge in [-0.05, 0) is 61.0 Å². The lowest BCUT2D eigenvalue weighted by Gasteiger charge is -2.51. The fourth-order valence-electron chi connectivity index (χ4n) is 4.40. The summed E-state index contributed by atoms with van der Waals surface area (Å²) < 4.78 is 5.51. The molecular weight excluding hydrogens is 316 g/mol. The zero-order chi connectivity index (χ0) is 16.6. The van der Waals surface area contributed by atoms with Crippen molar-refractivity contribution in [1.29, 1.82) is 0 Å². The van der Waals surface area contributed by atoms with Gasteiger partial charge in [-0.25, -0.2) is 0 Å². The zero-order valence-corrected chi connectivity index (χ0v) is 15.4. The van der Waals surface area contributed by atoms with E-state index in [4.69, 9.17) is 4.74 Å². The highest BCUT2D eigenvalue weighted by atomic mass is 32.1. The van der Waals surface area contributed by atoms with Crippen molar-refractivity contribution in [3.05, 3.63) is 51.7 Å². The van der Waals surface area contributed by atoms with Crippen LogP contribution in [0.4, 0.5) is 0 Å². The minimum Gasteiger partial charge on any atom is -0.497 e. The molecule has 4 heteroatoms. The summed E-state index contributed by atoms with van der Waals surface area (Å²) in [5, 5.41) is 2.18. The lowest BCUT2D eigenvalue weighted by molar-refractivity contribution is 0.0256. The lowest BCUT2D eigenvalue weighted by Crippen LogP contribution is -2.54. The highest BCUT2D eigenvalue weighted by Gasteiger charge is 2.43. The number of hydrogen-bond donors (Lipinski definition) is 0. The Hall–Kier alpha value is -1.36. The Bertz CT molecular complexity index is 690. The van der Waals surface area contributed by atoms with E-state index in [1.54, 1.807) is 7.11 Å². The van der Waals surface area contributed by atoms with E-state index in [0.29, 0.717) is 0 Å². The van der Waals surface area contributed by atoms with Crippen molar-refractivity contribution in [2.75, 3.05) is 33.8 Å². The summed E-state index contributed by atoms with van der Waals surface area (Å²) in [6.07, 6.45) is 3.56. The van der Waals surface area contributed by atoms with Crippen molar-refractivity contribution in [1.82, 2.24) is 9.80 Å². The first kappa shape index (κ1) is 16.1. The first-order valence-corrected chi connectivity index (χ1v) is 9.73. The summed E-state index contributed by atoms with van der Waals surface area (Å²) in [6, 6.07) is 11.1. The predicted octanol–water partition coefficient (Wildman–Crippen LogP) is 3.74. The van der Waals surface area contributed by atoms with E-state index in [9.17, 15) is 0 Å². The van der Waals surface area contributed by atoms with Crippen LogP contribution < -0.4 is 4.74 Å². The summed E-state index contributed by atoms with van der Waals surface area (Å²) >= 11 is 1.87. The van der Waals surface area contributed by atoms with Gasteiger partial charge >= 0.3 is 0 Å². The average molecular weight is 343 g/mol. The van der Waals surface area contributed by atoms with Crippen molar-refractivity contribution in [3.8, 4) is 5.75 Å². The number of hydrogen-bond acceptors (Lipinski definition) is 4. The van der Waals surface area contributed by atoms with Crippen LogP contribution in [-0.2, 0) is 18.5 Å². The Kier molecular flexibility index (Phi) is 4.37. The summed E-state index contributed by atoms with van der Waals surface area (Å²) in [5.74, 6) is 0.990. The summed E-state index contributed by atoms with van der Waals surface area (Å²) in [5.41, 5.74) is 3.21. The molecule has 24 heavy (non-hydrogen) atoms. The van der Waals surface area contributed by atoms with Crippen LogP contribution in [0.3, 0.4) is 0 Å². The third-order valence-corrected chi connectivity index (χ3v) is 6.77. The van der Waals surface area contributed by atoms with Gasteiger partial charge in [-0.1, -0.05) is 12.1 Å². The molecule has 1 aromatic carbocycles. The fourth-order valence-corrected chi connectivity index (χ4v) is 5.14. The Morgan fingerprint density at radius 2 is 2.00 bits per heavy atom. The van der Waals surface area contributed by atoms with Gasteiger partial charge in [0.05, 0.1) is 7.11 Å². The zero-order valence-electron chi connectivity index (χ0n) is 14.6. The van der Waals surface area contributed by atoms with E-state index in [1.807, 2.05) is 11.3 Å². The molecular formula is C20H26N2OS. The normalized spacial score (nSPS) is 20.9. The van der Waals surface area contributed by atoms with Gasteiger partial charge in [0, 0.05) is 36.6 Å². The van der Waals surface area contributed by atoms with Gasteiger partial charge in [0.2, 0.25) is 0 Å². The molecule has 2 aromatic rings. The molecule has 2 aliphatic heterocycles. The molecule has 1 spiro atoms. The topological polar surface area (TPSA) is 15.7 Å². The molecule has 1 saturated heterocycles. The first-order valence-electron chi connectivity index (χ1n) is 8.85. The highest BCUT2D eigenvalue weighted by Crippen LogP contribution is 2.44. The molecule has 4 rings (SSSR count). The molecule has 3 heterocycles. The minimum absolute atomic E-state index is 0.189. The van der Waals surface area contributed by atoms with E-state index < -0.39 is 0 Å². The quantitative estimate of drug-likeness (QED) is 0.845. The van der Waals surface area contributed by atoms with Gasteiger partial charge in [0.1, 0.15) is 5.75 Å². The number of nitrogens with zero attached hydrogens (tertiary/aromatic N) is 2. The van der Waals surface area contributed by atoms with Crippen molar-refractivity contribution >= 4 is 11.3 Å². The van der Waals surface area contributed by atoms with Crippen LogP contribution in [0.5, 0.6) is 5.75 Å². The third-order valence-electron chi connectivity index (χ3n) is 5.91. The standard InChI is InChI=1S/C20H26N2OS/c1-21-10-7-16-5-6-17(23-2)14-19(16)20(21)8-11-22(12-9-20)15-18-4-3-13-24-18/h3-6,13-14H,7-12,15H2,1-2H3. The van der Waals surface area contributed by atoms with E-state index in [-0.39, 0.29) is 5.54 Å². The summed E-state index contributed by atoms with van der Waals surface area (Å²) in [6.45, 7) is 4.59. The lowest BCUT2D eigenvalue weighted by atomic mass is 9.74. The van der Waals surface area contributed by atoms with Crippen molar-refractivity contribution in [2.24, 2.45) is 0 Å². The second-order valence-corrected chi connectivity index (χ2v) is 8.11. The molecule has 0 aliphatic carbocycles. The number of likely N-dealkylation sites (N-methyl/N-ethyl adjacent to an activating group) is 1. The third kappa shape index (κ3) is 2.77. The fraction of sp³-hybridized carbons (Fsp3) is 0.500. The molecule has 0 saturated carbocycles. The second-order valence-electron chi connectivity index (χ2n) is 7.08. The van der Waals surface area contributed by atoms with Gasteiger partial charge in [0.15, 0.2) is 0 Å². The number of methoxy groups -OCH3 is 1. The van der Waals surface area contributed by atoms with Gasteiger partial charge in [-0.15, -0.1) is 11.3 Å². The van der Waals surface area contributed by atoms with E-state index in [0.717, 1.165) is 25.3 Å². The Morgan fingerprint density at radius 3 is 2.71 bits per heavy atom. The number of benzene rings is 1. The molecule has 0 N–H and O–H groups in total. The number of likely N-dealkylation sites (tertiary alicyclic amines) is 1. The number of fused-ring (bicyclic) bond motifs is 2. The molecule has 2 aliphatic rings. The number of ether oxygens (including phenoxy) is 1. The maximum atomic E-state index is 5.51. The molecule has 3 nitrogen and oxygen atoms in total. The largest absolute Gasteiger partial charge is 0.497 e. The maximum Gasteiger partial charge on any atom is 0.119 e. The van der Waals surface area contributed by atoms with Crippen LogP contribution in [0.1, 0.15) is 28.8 Å². The molecule has 0 amide bonds. The molecule has 1 aromatic heterocycles. The summed E-state index contributed by atoms with van der Waals surface area (Å²) in [7, 11) is 4.07. The monoisotopic (exact) mass is 342 g/mol. The van der Waals surface area contributed by atoms with Crippen LogP contribution >= 0.6 is 11.3 Å². The van der Waals surface area contributed by atoms with Gasteiger partial charge in [-0.3, -0.25) is 9.80 Å². The molecule has 0 bridgehead atoms. The minimum atomic E-state index is 0.189. The SMILES string of the molecule is COc1ccc2c(c1)C1(CCN(Cc3cccs3)CC1)N(C)CC2. The average Bonchev–Trinajstić information content (AvgIpc) is 3.13. The van der Waals surface area contributed by atoms with Crippen LogP contribution in [0, 0.1) is 0 Å². The number of piperidine rings is 1. The van der Waals surface area contributed by atoms with Crippen LogP contribution in [-0.4, -0.2) is 43.6 Å². The van der Waals surface area contributed by atoms with E-state index in [2.05, 4.69) is 52.6 Å². The number of thiophene rings is 1. The second kappa shape index (κ2) is 6.51. The first-order chi connectivity index (χ1) is 11.7. The maximum absolute atomic E-state index is 5.51. The van der Waals surface area contributed by atoms with Gasteiger partial charge in [0.25, 0.3) is 0 Å². The van der Waals surface area contributed by atoms with Gasteiger partial charge < -0.3 is 4.74 Å². The van der Waals surface area contributed by atoms with Crippen LogP contribution in [0.2, 0.25) is 0 Å². The highest BCUT2D eigenvalue weighted by molar-refractivity contribution is 7.09. The predicted molar refractivity (Wildman–Crippen MR) is 99.8 cm³/mol. The molecule has 1 fully saturated rings. The van der Waals surface area contributed by atoms with Crippen molar-refractivity contribution in [2.45, 2.75) is 31.3 Å². The summed E-state index contributed by atoms with van der Waals surface area (Å²) in [4.78, 5) is 6.68. The van der Waals surface area contributed by atoms with Crippen LogP contribution in [0.15, 0.2) is 35.7 Å². The van der Waals surface area contributed by atoms with E-state index >= 15 is 0 Å². The van der Waals surface area contributed by atoms with Crippen molar-refractivity contribution in [3.63, 3.8) is 0 Å². The molecule has 0 atom stereocenters. The Labute approximate surface area is 148 Å². The van der Waals surface area contributed by atoms with Crippen LogP contribution in [0.25, 0.3) is 0 Å².